The summed E-state index contributed by atoms with van der Waals surface area (Å²) in [5.41, 5.74) is 4.58. The molecular formula is C14H18BrN3. The molecule has 0 spiro atoms. The van der Waals surface area contributed by atoms with Crippen LogP contribution in [0.2, 0.25) is 0 Å². The van der Waals surface area contributed by atoms with Gasteiger partial charge in [-0.15, -0.1) is 0 Å². The first kappa shape index (κ1) is 13.1. The third-order valence-corrected chi connectivity index (χ3v) is 3.53. The van der Waals surface area contributed by atoms with Crippen molar-refractivity contribution in [3.05, 3.63) is 39.6 Å². The van der Waals surface area contributed by atoms with Gasteiger partial charge < -0.3 is 9.88 Å². The standard InChI is InChI=1S/C14H18BrN3/c1-5-18-8-11(4)16-14(18)17-13-10(3)6-9(2)7-12(13)15/h6-8H,5H2,1-4H3,(H,16,17). The van der Waals surface area contributed by atoms with Gasteiger partial charge in [0.05, 0.1) is 11.4 Å². The zero-order valence-corrected chi connectivity index (χ0v) is 12.8. The van der Waals surface area contributed by atoms with Gasteiger partial charge in [0, 0.05) is 17.2 Å². The molecule has 1 N–H and O–H groups in total. The van der Waals surface area contributed by atoms with E-state index in [4.69, 9.17) is 0 Å². The van der Waals surface area contributed by atoms with Crippen LogP contribution in [0.1, 0.15) is 23.7 Å². The number of anilines is 2. The van der Waals surface area contributed by atoms with Gasteiger partial charge in [0.25, 0.3) is 0 Å². The molecule has 0 amide bonds. The molecule has 0 saturated carbocycles. The zero-order chi connectivity index (χ0) is 13.3. The van der Waals surface area contributed by atoms with E-state index in [0.29, 0.717) is 0 Å². The summed E-state index contributed by atoms with van der Waals surface area (Å²) in [6.07, 6.45) is 2.06. The van der Waals surface area contributed by atoms with E-state index in [1.54, 1.807) is 0 Å². The van der Waals surface area contributed by atoms with Crippen molar-refractivity contribution in [3.8, 4) is 0 Å². The molecule has 0 aliphatic rings. The summed E-state index contributed by atoms with van der Waals surface area (Å²) in [4.78, 5) is 4.51. The average Bonchev–Trinajstić information content (AvgIpc) is 2.64. The van der Waals surface area contributed by atoms with E-state index in [9.17, 15) is 0 Å². The van der Waals surface area contributed by atoms with Gasteiger partial charge in [-0.1, -0.05) is 6.07 Å². The smallest absolute Gasteiger partial charge is 0.207 e. The van der Waals surface area contributed by atoms with Gasteiger partial charge in [-0.2, -0.15) is 0 Å². The van der Waals surface area contributed by atoms with Crippen molar-refractivity contribution >= 4 is 27.6 Å². The molecule has 0 atom stereocenters. The molecule has 0 saturated heterocycles. The van der Waals surface area contributed by atoms with Gasteiger partial charge in [-0.05, 0) is 60.8 Å². The Hall–Kier alpha value is -1.29. The first-order valence-corrected chi connectivity index (χ1v) is 6.88. The number of benzene rings is 1. The summed E-state index contributed by atoms with van der Waals surface area (Å²) < 4.78 is 3.18. The molecular weight excluding hydrogens is 290 g/mol. The monoisotopic (exact) mass is 307 g/mol. The van der Waals surface area contributed by atoms with Crippen LogP contribution in [0.5, 0.6) is 0 Å². The first-order chi connectivity index (χ1) is 8.51. The average molecular weight is 308 g/mol. The predicted molar refractivity (Wildman–Crippen MR) is 79.5 cm³/mol. The molecule has 3 nitrogen and oxygen atoms in total. The molecule has 96 valence electrons. The van der Waals surface area contributed by atoms with Gasteiger partial charge in [-0.3, -0.25) is 0 Å². The molecule has 0 bridgehead atoms. The molecule has 1 aromatic carbocycles. The van der Waals surface area contributed by atoms with Crippen LogP contribution in [0.4, 0.5) is 11.6 Å². The van der Waals surface area contributed by atoms with Crippen molar-refractivity contribution in [2.24, 2.45) is 0 Å². The minimum Gasteiger partial charge on any atom is -0.324 e. The fourth-order valence-corrected chi connectivity index (χ4v) is 2.85. The third kappa shape index (κ3) is 2.58. The van der Waals surface area contributed by atoms with E-state index in [2.05, 4.69) is 69.9 Å². The maximum Gasteiger partial charge on any atom is 0.207 e. The Morgan fingerprint density at radius 2 is 2.00 bits per heavy atom. The van der Waals surface area contributed by atoms with Crippen molar-refractivity contribution in [2.45, 2.75) is 34.2 Å². The second kappa shape index (κ2) is 5.14. The molecule has 18 heavy (non-hydrogen) atoms. The lowest BCUT2D eigenvalue weighted by Gasteiger charge is -2.13. The largest absolute Gasteiger partial charge is 0.324 e. The summed E-state index contributed by atoms with van der Waals surface area (Å²) in [5, 5.41) is 3.41. The summed E-state index contributed by atoms with van der Waals surface area (Å²) in [6, 6.07) is 4.28. The topological polar surface area (TPSA) is 29.9 Å². The van der Waals surface area contributed by atoms with Gasteiger partial charge in [0.2, 0.25) is 5.95 Å². The van der Waals surface area contributed by atoms with Crippen LogP contribution in [0.3, 0.4) is 0 Å². The number of imidazole rings is 1. The second-order valence-corrected chi connectivity index (χ2v) is 5.41. The normalized spacial score (nSPS) is 10.7. The van der Waals surface area contributed by atoms with E-state index in [0.717, 1.165) is 28.3 Å². The van der Waals surface area contributed by atoms with Crippen molar-refractivity contribution in [2.75, 3.05) is 5.32 Å². The fourth-order valence-electron chi connectivity index (χ4n) is 2.07. The number of hydrogen-bond donors (Lipinski definition) is 1. The van der Waals surface area contributed by atoms with Crippen LogP contribution in [0.15, 0.2) is 22.8 Å². The minimum absolute atomic E-state index is 0.891. The first-order valence-electron chi connectivity index (χ1n) is 6.08. The maximum atomic E-state index is 4.51. The molecule has 0 aliphatic heterocycles. The van der Waals surface area contributed by atoms with E-state index in [-0.39, 0.29) is 0 Å². The molecule has 0 radical (unpaired) electrons. The SMILES string of the molecule is CCn1cc(C)nc1Nc1c(C)cc(C)cc1Br. The van der Waals surface area contributed by atoms with Gasteiger partial charge >= 0.3 is 0 Å². The summed E-state index contributed by atoms with van der Waals surface area (Å²) >= 11 is 3.61. The Kier molecular flexibility index (Phi) is 3.76. The van der Waals surface area contributed by atoms with Crippen LogP contribution in [-0.4, -0.2) is 9.55 Å². The van der Waals surface area contributed by atoms with E-state index in [1.165, 1.54) is 11.1 Å². The number of hydrogen-bond acceptors (Lipinski definition) is 2. The van der Waals surface area contributed by atoms with Crippen LogP contribution in [-0.2, 0) is 6.54 Å². The minimum atomic E-state index is 0.891. The highest BCUT2D eigenvalue weighted by atomic mass is 79.9. The maximum absolute atomic E-state index is 4.51. The van der Waals surface area contributed by atoms with Crippen LogP contribution in [0.25, 0.3) is 0 Å². The van der Waals surface area contributed by atoms with E-state index in [1.807, 2.05) is 6.92 Å². The summed E-state index contributed by atoms with van der Waals surface area (Å²) in [5.74, 6) is 0.891. The van der Waals surface area contributed by atoms with Crippen molar-refractivity contribution in [1.29, 1.82) is 0 Å². The molecule has 1 aromatic heterocycles. The Morgan fingerprint density at radius 3 is 2.61 bits per heavy atom. The molecule has 2 rings (SSSR count). The fraction of sp³-hybridized carbons (Fsp3) is 0.357. The number of nitrogens with zero attached hydrogens (tertiary/aromatic N) is 2. The van der Waals surface area contributed by atoms with Crippen molar-refractivity contribution < 1.29 is 0 Å². The lowest BCUT2D eigenvalue weighted by atomic mass is 10.1. The number of nitrogens with one attached hydrogen (secondary N) is 1. The Bertz CT molecular complexity index is 549. The molecule has 4 heteroatoms. The van der Waals surface area contributed by atoms with Crippen molar-refractivity contribution in [3.63, 3.8) is 0 Å². The van der Waals surface area contributed by atoms with E-state index >= 15 is 0 Å². The Labute approximate surface area is 116 Å². The number of aryl methyl sites for hydroxylation is 4. The Balaban J connectivity index is 2.39. The highest BCUT2D eigenvalue weighted by Gasteiger charge is 2.09. The van der Waals surface area contributed by atoms with E-state index < -0.39 is 0 Å². The second-order valence-electron chi connectivity index (χ2n) is 4.56. The molecule has 0 aliphatic carbocycles. The van der Waals surface area contributed by atoms with Crippen LogP contribution >= 0.6 is 15.9 Å². The Morgan fingerprint density at radius 1 is 1.28 bits per heavy atom. The molecule has 0 fully saturated rings. The van der Waals surface area contributed by atoms with Gasteiger partial charge in [0.15, 0.2) is 0 Å². The molecule has 0 unspecified atom stereocenters. The van der Waals surface area contributed by atoms with Crippen LogP contribution in [0, 0.1) is 20.8 Å². The van der Waals surface area contributed by atoms with Gasteiger partial charge in [-0.25, -0.2) is 4.98 Å². The highest BCUT2D eigenvalue weighted by molar-refractivity contribution is 9.10. The number of rotatable bonds is 3. The van der Waals surface area contributed by atoms with Gasteiger partial charge in [0.1, 0.15) is 0 Å². The number of halogens is 1. The molecule has 1 heterocycles. The summed E-state index contributed by atoms with van der Waals surface area (Å²) in [6.45, 7) is 9.23. The lowest BCUT2D eigenvalue weighted by molar-refractivity contribution is 0.771. The predicted octanol–water partition coefficient (Wildman–Crippen LogP) is 4.33. The van der Waals surface area contributed by atoms with Crippen molar-refractivity contribution in [1.82, 2.24) is 9.55 Å². The third-order valence-electron chi connectivity index (χ3n) is 2.91. The quantitative estimate of drug-likeness (QED) is 0.914. The summed E-state index contributed by atoms with van der Waals surface area (Å²) in [7, 11) is 0. The number of aromatic nitrogens is 2. The lowest BCUT2D eigenvalue weighted by Crippen LogP contribution is -2.03. The molecule has 2 aromatic rings. The highest BCUT2D eigenvalue weighted by Crippen LogP contribution is 2.30. The van der Waals surface area contributed by atoms with Crippen LogP contribution < -0.4 is 5.32 Å². The zero-order valence-electron chi connectivity index (χ0n) is 11.2.